The van der Waals surface area contributed by atoms with Gasteiger partial charge in [-0.25, -0.2) is 15.0 Å². The predicted octanol–water partition coefficient (Wildman–Crippen LogP) is 1.95. The molecule has 3 N–H and O–H groups in total. The molecule has 9 nitrogen and oxygen atoms in total. The number of nitrogens with one attached hydrogen (secondary N) is 1. The number of nitrogens with zero attached hydrogens (tertiary/aromatic N) is 5. The molecule has 0 bridgehead atoms. The maximum Gasteiger partial charge on any atom is 0.267 e. The SMILES string of the molecule is C[C@H](NC(=O)c1cc(Cl)cc(Cl)c1)c1ncnn1-c1cc(C(N)=O)ncn1. The molecule has 0 aliphatic carbocycles. The zero-order chi connectivity index (χ0) is 19.6. The van der Waals surface area contributed by atoms with Gasteiger partial charge in [0, 0.05) is 21.7 Å². The molecule has 0 saturated carbocycles. The number of halogens is 2. The maximum absolute atomic E-state index is 12.5. The molecule has 0 aliphatic heterocycles. The number of hydrogen-bond donors (Lipinski definition) is 2. The number of benzene rings is 1. The van der Waals surface area contributed by atoms with Crippen LogP contribution in [0.25, 0.3) is 5.82 Å². The molecule has 27 heavy (non-hydrogen) atoms. The van der Waals surface area contributed by atoms with Crippen molar-refractivity contribution in [2.75, 3.05) is 0 Å². The van der Waals surface area contributed by atoms with Gasteiger partial charge in [-0.15, -0.1) is 0 Å². The minimum atomic E-state index is -0.695. The quantitative estimate of drug-likeness (QED) is 0.667. The number of carbonyl (C=O) groups is 2. The fourth-order valence-corrected chi connectivity index (χ4v) is 2.88. The summed E-state index contributed by atoms with van der Waals surface area (Å²) in [4.78, 5) is 35.8. The molecule has 0 radical (unpaired) electrons. The first-order valence-electron chi connectivity index (χ1n) is 7.64. The lowest BCUT2D eigenvalue weighted by Gasteiger charge is -2.14. The Balaban J connectivity index is 1.85. The van der Waals surface area contributed by atoms with E-state index in [1.54, 1.807) is 6.92 Å². The molecule has 1 atom stereocenters. The first kappa shape index (κ1) is 18.7. The summed E-state index contributed by atoms with van der Waals surface area (Å²) in [5.74, 6) is -0.398. The van der Waals surface area contributed by atoms with Crippen molar-refractivity contribution in [2.45, 2.75) is 13.0 Å². The lowest BCUT2D eigenvalue weighted by molar-refractivity contribution is 0.0937. The van der Waals surface area contributed by atoms with Gasteiger partial charge in [-0.2, -0.15) is 9.78 Å². The second-order valence-electron chi connectivity index (χ2n) is 5.51. The first-order valence-corrected chi connectivity index (χ1v) is 8.40. The van der Waals surface area contributed by atoms with Crippen LogP contribution >= 0.6 is 23.2 Å². The van der Waals surface area contributed by atoms with Crippen molar-refractivity contribution < 1.29 is 9.59 Å². The normalized spacial score (nSPS) is 11.8. The number of nitrogens with two attached hydrogens (primary N) is 1. The molecular weight excluding hydrogens is 393 g/mol. The molecule has 0 fully saturated rings. The Hall–Kier alpha value is -3.04. The van der Waals surface area contributed by atoms with Gasteiger partial charge in [0.2, 0.25) is 0 Å². The summed E-state index contributed by atoms with van der Waals surface area (Å²) in [6.07, 6.45) is 2.50. The Morgan fingerprint density at radius 3 is 2.44 bits per heavy atom. The van der Waals surface area contributed by atoms with Gasteiger partial charge < -0.3 is 11.1 Å². The first-order chi connectivity index (χ1) is 12.8. The average molecular weight is 406 g/mol. The topological polar surface area (TPSA) is 129 Å². The summed E-state index contributed by atoms with van der Waals surface area (Å²) in [7, 11) is 0. The van der Waals surface area contributed by atoms with Crippen LogP contribution in [0.2, 0.25) is 10.0 Å². The second kappa shape index (κ2) is 7.68. The summed E-state index contributed by atoms with van der Waals surface area (Å²) in [6.45, 7) is 1.72. The summed E-state index contributed by atoms with van der Waals surface area (Å²) in [5.41, 5.74) is 5.58. The third kappa shape index (κ3) is 4.21. The standard InChI is InChI=1S/C16H13Cl2N7O2/c1-8(24-16(27)9-2-10(17)4-11(18)3-9)15-22-7-23-25(15)13-5-12(14(19)26)20-6-21-13/h2-8H,1H3,(H2,19,26)(H,24,27)/t8-/m0/s1. The Morgan fingerprint density at radius 2 is 1.78 bits per heavy atom. The molecule has 138 valence electrons. The highest BCUT2D eigenvalue weighted by molar-refractivity contribution is 6.35. The molecule has 1 aromatic carbocycles. The summed E-state index contributed by atoms with van der Waals surface area (Å²) < 4.78 is 1.38. The monoisotopic (exact) mass is 405 g/mol. The third-order valence-corrected chi connectivity index (χ3v) is 3.99. The molecular formula is C16H13Cl2N7O2. The molecule has 0 spiro atoms. The van der Waals surface area contributed by atoms with E-state index in [9.17, 15) is 9.59 Å². The smallest absolute Gasteiger partial charge is 0.267 e. The Kier molecular flexibility index (Phi) is 5.33. The van der Waals surface area contributed by atoms with Gasteiger partial charge in [0.25, 0.3) is 11.8 Å². The third-order valence-electron chi connectivity index (χ3n) is 3.56. The van der Waals surface area contributed by atoms with Crippen LogP contribution in [0.1, 0.15) is 39.6 Å². The minimum absolute atomic E-state index is 0.0340. The Morgan fingerprint density at radius 1 is 1.07 bits per heavy atom. The van der Waals surface area contributed by atoms with Crippen LogP contribution in [-0.4, -0.2) is 36.5 Å². The van der Waals surface area contributed by atoms with Crippen LogP contribution in [0, 0.1) is 0 Å². The summed E-state index contributed by atoms with van der Waals surface area (Å²) >= 11 is 11.9. The van der Waals surface area contributed by atoms with Gasteiger partial charge >= 0.3 is 0 Å². The van der Waals surface area contributed by atoms with E-state index in [2.05, 4.69) is 25.4 Å². The van der Waals surface area contributed by atoms with E-state index in [0.29, 0.717) is 21.4 Å². The van der Waals surface area contributed by atoms with E-state index in [0.717, 1.165) is 0 Å². The van der Waals surface area contributed by atoms with Crippen molar-refractivity contribution in [3.63, 3.8) is 0 Å². The molecule has 0 aliphatic rings. The number of aromatic nitrogens is 5. The van der Waals surface area contributed by atoms with Gasteiger partial charge in [-0.05, 0) is 25.1 Å². The lowest BCUT2D eigenvalue weighted by atomic mass is 10.2. The Labute approximate surface area is 163 Å². The second-order valence-corrected chi connectivity index (χ2v) is 6.38. The minimum Gasteiger partial charge on any atom is -0.364 e. The van der Waals surface area contributed by atoms with Gasteiger partial charge in [0.1, 0.15) is 18.3 Å². The van der Waals surface area contributed by atoms with Gasteiger partial charge in [0.05, 0.1) is 6.04 Å². The summed E-state index contributed by atoms with van der Waals surface area (Å²) in [6, 6.07) is 5.38. The molecule has 0 saturated heterocycles. The van der Waals surface area contributed by atoms with E-state index in [4.69, 9.17) is 28.9 Å². The van der Waals surface area contributed by atoms with Crippen molar-refractivity contribution in [3.05, 3.63) is 64.0 Å². The molecule has 3 rings (SSSR count). The highest BCUT2D eigenvalue weighted by Crippen LogP contribution is 2.20. The van der Waals surface area contributed by atoms with Crippen molar-refractivity contribution in [2.24, 2.45) is 5.73 Å². The predicted molar refractivity (Wildman–Crippen MR) is 97.8 cm³/mol. The van der Waals surface area contributed by atoms with Crippen LogP contribution in [0.4, 0.5) is 0 Å². The molecule has 2 amide bonds. The zero-order valence-electron chi connectivity index (χ0n) is 13.9. The van der Waals surface area contributed by atoms with Crippen LogP contribution in [0.3, 0.4) is 0 Å². The van der Waals surface area contributed by atoms with Crippen LogP contribution < -0.4 is 11.1 Å². The summed E-state index contributed by atoms with van der Waals surface area (Å²) in [5, 5.41) is 7.57. The largest absolute Gasteiger partial charge is 0.364 e. The highest BCUT2D eigenvalue weighted by atomic mass is 35.5. The highest BCUT2D eigenvalue weighted by Gasteiger charge is 2.19. The molecule has 11 heteroatoms. The molecule has 2 heterocycles. The van der Waals surface area contributed by atoms with E-state index >= 15 is 0 Å². The number of carbonyl (C=O) groups excluding carboxylic acids is 2. The van der Waals surface area contributed by atoms with Crippen LogP contribution in [-0.2, 0) is 0 Å². The van der Waals surface area contributed by atoms with Crippen molar-refractivity contribution in [1.29, 1.82) is 0 Å². The van der Waals surface area contributed by atoms with Crippen molar-refractivity contribution in [3.8, 4) is 5.82 Å². The van der Waals surface area contributed by atoms with E-state index in [1.165, 1.54) is 41.6 Å². The fourth-order valence-electron chi connectivity index (χ4n) is 2.35. The van der Waals surface area contributed by atoms with Crippen LogP contribution in [0.15, 0.2) is 36.9 Å². The van der Waals surface area contributed by atoms with E-state index in [-0.39, 0.29) is 17.4 Å². The molecule has 3 aromatic rings. The zero-order valence-corrected chi connectivity index (χ0v) is 15.4. The van der Waals surface area contributed by atoms with Gasteiger partial charge in [0.15, 0.2) is 11.6 Å². The number of rotatable bonds is 5. The van der Waals surface area contributed by atoms with E-state index in [1.807, 2.05) is 0 Å². The fraction of sp³-hybridized carbons (Fsp3) is 0.125. The maximum atomic E-state index is 12.5. The van der Waals surface area contributed by atoms with E-state index < -0.39 is 11.9 Å². The average Bonchev–Trinajstić information content (AvgIpc) is 3.10. The molecule has 2 aromatic heterocycles. The molecule has 0 unspecified atom stereocenters. The van der Waals surface area contributed by atoms with Gasteiger partial charge in [-0.3, -0.25) is 9.59 Å². The lowest BCUT2D eigenvalue weighted by Crippen LogP contribution is -2.29. The van der Waals surface area contributed by atoms with Gasteiger partial charge in [-0.1, -0.05) is 23.2 Å². The Bertz CT molecular complexity index is 1000. The number of primary amides is 1. The van der Waals surface area contributed by atoms with Crippen molar-refractivity contribution in [1.82, 2.24) is 30.0 Å². The number of hydrogen-bond acceptors (Lipinski definition) is 6. The van der Waals surface area contributed by atoms with Crippen LogP contribution in [0.5, 0.6) is 0 Å². The number of amides is 2. The van der Waals surface area contributed by atoms with Crippen molar-refractivity contribution >= 4 is 35.0 Å².